The standard InChI is InChI=1S/C32H34O3.C24H36O2.C22H25NO4.C18H29NO5.C16H24O3.C15H22O3/c1-4-24(2)26-18-20-29(21-19-26)35-25(3)33-22-23-34-32-30(27-12-7-5-8-13-27)16-11-17-31(32)28-14-9-6-10-15-28;1-5-16(4)17-9-11-19(12-10-17)25-24(15(2)3)26-23-14-18-13-22(23)21-8-6-7-20(18)21;1-4-15(2)17-9-11-18(12-10-17)27-16(3)26-14-13-23-21(24)19-7-5-6-8-20(19)22(23)25;1-6-14(2)16-7-9-17(10-8-16)24-15(3)23-12-11-19(13-21-4)18(20)22-5;1-6-12(2)13-7-9-14(10-8-13)18-11-15(17)19-16(3,4)5;1-6-11(2)12-7-9-13(10-8-12)17-14(16)18-15(3,4)5/h5-21,24-25H,4,22-23H2,1-3H3;9-12,15-16,18,20-24H,5-8,13-14H2,1-4H3;5-12,15-16H,4,13-14H2,1-3H3;7-10,14-15H,6,11-13H2,1-5H3;7-10,12H,6,11H2,1-5H3;7-11H,6H2,1-5H3. The lowest BCUT2D eigenvalue weighted by atomic mass is 9.80. The van der Waals surface area contributed by atoms with Gasteiger partial charge in [-0.2, -0.15) is 0 Å². The summed E-state index contributed by atoms with van der Waals surface area (Å²) in [5.74, 6) is 11.8. The number of nitrogens with zero attached hydrogens (tertiary/aromatic N) is 2. The van der Waals surface area contributed by atoms with E-state index in [4.69, 9.17) is 66.3 Å². The minimum absolute atomic E-state index is 0.0556. The fourth-order valence-corrected chi connectivity index (χ4v) is 18.3. The summed E-state index contributed by atoms with van der Waals surface area (Å²) >= 11 is 0. The van der Waals surface area contributed by atoms with E-state index < -0.39 is 36.0 Å². The molecule has 0 saturated heterocycles. The Hall–Kier alpha value is -12.1. The molecule has 4 aliphatic rings. The number of imide groups is 1. The Balaban J connectivity index is 0.000000201. The first-order valence-electron chi connectivity index (χ1n) is 54.0. The third-order valence-corrected chi connectivity index (χ3v) is 28.0. The summed E-state index contributed by atoms with van der Waals surface area (Å²) in [6, 6.07) is 82.2. The van der Waals surface area contributed by atoms with E-state index in [0.717, 1.165) is 107 Å². The molecule has 22 nitrogen and oxygen atoms in total. The maximum Gasteiger partial charge on any atom is 0.514 e. The minimum Gasteiger partial charge on any atom is -0.490 e. The van der Waals surface area contributed by atoms with Crippen molar-refractivity contribution < 1.29 is 95.0 Å². The van der Waals surface area contributed by atoms with Gasteiger partial charge in [-0.15, -0.1) is 0 Å². The highest BCUT2D eigenvalue weighted by Crippen LogP contribution is 2.60. The normalized spacial score (nSPS) is 17.2. The lowest BCUT2D eigenvalue weighted by molar-refractivity contribution is -0.162. The number of carbonyl (C=O) groups is 5. The van der Waals surface area contributed by atoms with Crippen LogP contribution in [0.4, 0.5) is 9.59 Å². The molecule has 0 radical (unpaired) electrons. The number of fused-ring (bicyclic) bond motifs is 6. The zero-order chi connectivity index (χ0) is 108. The molecular weight excluding hydrogens is 1870 g/mol. The second-order valence-corrected chi connectivity index (χ2v) is 41.7. The van der Waals surface area contributed by atoms with Gasteiger partial charge in [0.15, 0.2) is 25.5 Å². The molecule has 0 spiro atoms. The highest BCUT2D eigenvalue weighted by Gasteiger charge is 2.55. The van der Waals surface area contributed by atoms with Gasteiger partial charge in [-0.25, -0.2) is 14.4 Å². The summed E-state index contributed by atoms with van der Waals surface area (Å²) < 4.78 is 84.2. The molecule has 3 aliphatic carbocycles. The molecule has 0 aromatic heterocycles. The molecule has 15 unspecified atom stereocenters. The van der Waals surface area contributed by atoms with Crippen LogP contribution in [0.2, 0.25) is 0 Å². The highest BCUT2D eigenvalue weighted by atomic mass is 16.7. The number of ether oxygens (including phenoxy) is 15. The molecule has 22 heteroatoms. The molecule has 15 atom stereocenters. The molecular formula is C127H170N2O20. The molecule has 10 aromatic rings. The lowest BCUT2D eigenvalue weighted by Crippen LogP contribution is -2.37. The molecule has 14 rings (SSSR count). The summed E-state index contributed by atoms with van der Waals surface area (Å²) in [5, 5.41) is 0. The molecule has 1 heterocycles. The van der Waals surface area contributed by atoms with Crippen molar-refractivity contribution >= 4 is 30.0 Å². The van der Waals surface area contributed by atoms with Crippen molar-refractivity contribution in [2.45, 2.75) is 308 Å². The van der Waals surface area contributed by atoms with Crippen LogP contribution in [0.25, 0.3) is 22.3 Å². The molecule has 3 fully saturated rings. The number of hydrogen-bond donors (Lipinski definition) is 0. The van der Waals surface area contributed by atoms with Crippen LogP contribution in [0, 0.1) is 29.6 Å². The smallest absolute Gasteiger partial charge is 0.490 e. The summed E-state index contributed by atoms with van der Waals surface area (Å²) in [5.41, 5.74) is 12.1. The van der Waals surface area contributed by atoms with Crippen molar-refractivity contribution in [3.63, 3.8) is 0 Å². The van der Waals surface area contributed by atoms with Crippen LogP contribution < -0.4 is 33.2 Å². The van der Waals surface area contributed by atoms with Gasteiger partial charge in [-0.1, -0.05) is 267 Å². The summed E-state index contributed by atoms with van der Waals surface area (Å²) in [6.45, 7) is 49.3. The van der Waals surface area contributed by atoms with Crippen LogP contribution in [-0.4, -0.2) is 149 Å². The molecule has 1 aliphatic heterocycles. The number of rotatable bonds is 44. The number of amides is 3. The van der Waals surface area contributed by atoms with Crippen LogP contribution in [-0.2, 0) is 42.7 Å². The Bertz CT molecular complexity index is 5480. The molecule has 3 amide bonds. The van der Waals surface area contributed by atoms with Crippen LogP contribution in [0.3, 0.4) is 0 Å². The third-order valence-electron chi connectivity index (χ3n) is 28.0. The molecule has 149 heavy (non-hydrogen) atoms. The molecule has 3 saturated carbocycles. The van der Waals surface area contributed by atoms with E-state index in [2.05, 4.69) is 205 Å². The first-order valence-corrected chi connectivity index (χ1v) is 54.0. The Labute approximate surface area is 889 Å². The van der Waals surface area contributed by atoms with E-state index in [1.807, 2.05) is 144 Å². The largest absolute Gasteiger partial charge is 0.514 e. The topological polar surface area (TPSA) is 230 Å². The second kappa shape index (κ2) is 61.3. The monoisotopic (exact) mass is 2040 g/mol. The average molecular weight is 2040 g/mol. The van der Waals surface area contributed by atoms with E-state index in [0.29, 0.717) is 96.5 Å². The number of methoxy groups -OCH3 is 2. The Morgan fingerprint density at radius 1 is 0.383 bits per heavy atom. The van der Waals surface area contributed by atoms with E-state index in [1.165, 1.54) is 95.9 Å². The average Bonchev–Trinajstić information content (AvgIpc) is 1.59. The Morgan fingerprint density at radius 3 is 1.14 bits per heavy atom. The quantitative estimate of drug-likeness (QED) is 0.00863. The van der Waals surface area contributed by atoms with Crippen molar-refractivity contribution in [2.75, 3.05) is 67.1 Å². The first kappa shape index (κ1) is 120. The van der Waals surface area contributed by atoms with Crippen molar-refractivity contribution in [1.29, 1.82) is 0 Å². The maximum absolute atomic E-state index is 12.3. The number of para-hydroxylation sites is 1. The molecule has 0 N–H and O–H groups in total. The van der Waals surface area contributed by atoms with Crippen LogP contribution in [0.5, 0.6) is 40.2 Å². The zero-order valence-electron chi connectivity index (χ0n) is 93.4. The van der Waals surface area contributed by atoms with Crippen LogP contribution >= 0.6 is 0 Å². The Kier molecular flexibility index (Phi) is 49.6. The van der Waals surface area contributed by atoms with Crippen LogP contribution in [0.15, 0.2) is 249 Å². The van der Waals surface area contributed by atoms with E-state index in [-0.39, 0.29) is 56.9 Å². The van der Waals surface area contributed by atoms with Gasteiger partial charge in [0.05, 0.1) is 50.7 Å². The van der Waals surface area contributed by atoms with Crippen molar-refractivity contribution in [2.24, 2.45) is 29.6 Å². The van der Waals surface area contributed by atoms with Crippen molar-refractivity contribution in [3.05, 3.63) is 293 Å². The molecule has 808 valence electrons. The summed E-state index contributed by atoms with van der Waals surface area (Å²) in [7, 11) is 2.85. The van der Waals surface area contributed by atoms with Gasteiger partial charge in [0.25, 0.3) is 11.8 Å². The fraction of sp³-hybridized carbons (Fsp3) is 0.488. The maximum atomic E-state index is 12.3. The molecule has 10 aromatic carbocycles. The van der Waals surface area contributed by atoms with Gasteiger partial charge >= 0.3 is 18.2 Å². The van der Waals surface area contributed by atoms with Crippen LogP contribution in [0.1, 0.15) is 319 Å². The second-order valence-electron chi connectivity index (χ2n) is 41.7. The van der Waals surface area contributed by atoms with Gasteiger partial charge in [0, 0.05) is 30.7 Å². The van der Waals surface area contributed by atoms with Crippen molar-refractivity contribution in [3.8, 4) is 62.5 Å². The first-order chi connectivity index (χ1) is 71.4. The summed E-state index contributed by atoms with van der Waals surface area (Å²) in [6.07, 6.45) is 11.7. The number of carbonyl (C=O) groups excluding carboxylic acids is 5. The number of benzene rings is 10. The van der Waals surface area contributed by atoms with Gasteiger partial charge in [0.2, 0.25) is 6.29 Å². The Morgan fingerprint density at radius 2 is 0.752 bits per heavy atom. The fourth-order valence-electron chi connectivity index (χ4n) is 18.3. The predicted octanol–water partition coefficient (Wildman–Crippen LogP) is 31.0. The minimum atomic E-state index is -0.668. The third kappa shape index (κ3) is 39.0. The van der Waals surface area contributed by atoms with E-state index in [1.54, 1.807) is 64.1 Å². The summed E-state index contributed by atoms with van der Waals surface area (Å²) in [4.78, 5) is 61.7. The van der Waals surface area contributed by atoms with Gasteiger partial charge in [0.1, 0.15) is 64.8 Å². The van der Waals surface area contributed by atoms with E-state index in [9.17, 15) is 24.0 Å². The number of hydrogen-bond acceptors (Lipinski definition) is 20. The highest BCUT2D eigenvalue weighted by molar-refractivity contribution is 6.21. The van der Waals surface area contributed by atoms with Crippen molar-refractivity contribution in [1.82, 2.24) is 9.80 Å². The number of esters is 1. The van der Waals surface area contributed by atoms with E-state index >= 15 is 0 Å². The van der Waals surface area contributed by atoms with Gasteiger partial charge < -0.3 is 71.1 Å². The predicted molar refractivity (Wildman–Crippen MR) is 594 cm³/mol. The lowest BCUT2D eigenvalue weighted by Gasteiger charge is -2.35. The zero-order valence-corrected chi connectivity index (χ0v) is 93.4. The SMILES string of the molecule is CCC(C)c1ccc(OC(=O)OC(C)(C)C)cc1.CCC(C)c1ccc(OC(C)OCCN(COC)C(=O)OC)cc1.CCC(C)c1ccc(OC(C)OCCN2C(=O)c3ccccc3C2=O)cc1.CCC(C)c1ccc(OC(C)OCCOc2c(-c3ccccc3)cccc2-c2ccccc2)cc1.CCC(C)c1ccc(OC(OC2CC3CC2C2CCCC32)C(C)C)cc1.CCC(C)c1ccc(OCC(=O)OC(C)(C)C)cc1. The van der Waals surface area contributed by atoms with Gasteiger partial charge in [-0.05, 0) is 315 Å². The van der Waals surface area contributed by atoms with Gasteiger partial charge in [-0.3, -0.25) is 19.4 Å². The molecule has 2 bridgehead atoms.